The van der Waals surface area contributed by atoms with E-state index in [4.69, 9.17) is 0 Å². The minimum atomic E-state index is -0.687. The summed E-state index contributed by atoms with van der Waals surface area (Å²) in [6, 6.07) is 1.94. The van der Waals surface area contributed by atoms with Gasteiger partial charge >= 0.3 is 0 Å². The highest BCUT2D eigenvalue weighted by Gasteiger charge is 2.14. The number of Topliss-reactive ketones (excluding diaryl/α,β-unsaturated/α-hetero) is 1. The van der Waals surface area contributed by atoms with E-state index < -0.39 is 11.6 Å². The van der Waals surface area contributed by atoms with Crippen LogP contribution in [0.5, 0.6) is 5.75 Å². The fourth-order valence-electron chi connectivity index (χ4n) is 1.53. The number of aromatic amines is 1. The number of carbonyl (C=O) groups excluding carboxylic acids is 1. The van der Waals surface area contributed by atoms with Crippen LogP contribution in [0.3, 0.4) is 0 Å². The quantitative estimate of drug-likeness (QED) is 0.854. The highest BCUT2D eigenvalue weighted by molar-refractivity contribution is 5.91. The number of methoxy groups -OCH3 is 1. The predicted molar refractivity (Wildman–Crippen MR) is 60.5 cm³/mol. The molecule has 0 fully saturated rings. The number of hydrogen-bond acceptors (Lipinski definition) is 3. The first-order valence-corrected chi connectivity index (χ1v) is 5.12. The summed E-state index contributed by atoms with van der Waals surface area (Å²) < 4.78 is 31.9. The molecule has 0 spiro atoms. The van der Waals surface area contributed by atoms with Gasteiger partial charge in [-0.15, -0.1) is 0 Å². The molecule has 1 N–H and O–H groups in total. The van der Waals surface area contributed by atoms with Crippen LogP contribution >= 0.6 is 0 Å². The number of H-pyrrole nitrogens is 1. The molecule has 0 aliphatic heterocycles. The molecule has 4 nitrogen and oxygen atoms in total. The van der Waals surface area contributed by atoms with E-state index in [9.17, 15) is 13.6 Å². The summed E-state index contributed by atoms with van der Waals surface area (Å²) in [6.45, 7) is 1.33. The molecule has 0 unspecified atom stereocenters. The van der Waals surface area contributed by atoms with Crippen molar-refractivity contribution in [2.45, 2.75) is 6.92 Å². The average molecular weight is 252 g/mol. The maximum atomic E-state index is 13.7. The summed E-state index contributed by atoms with van der Waals surface area (Å²) in [7, 11) is 1.25. The Kier molecular flexibility index (Phi) is 3.10. The maximum Gasteiger partial charge on any atom is 0.194 e. The van der Waals surface area contributed by atoms with Crippen LogP contribution in [-0.4, -0.2) is 22.9 Å². The normalized spacial score (nSPS) is 10.4. The van der Waals surface area contributed by atoms with E-state index >= 15 is 0 Å². The molecule has 0 aliphatic carbocycles. The summed E-state index contributed by atoms with van der Waals surface area (Å²) in [5.41, 5.74) is 0.229. The zero-order valence-electron chi connectivity index (χ0n) is 9.75. The number of imidazole rings is 1. The van der Waals surface area contributed by atoms with Crippen LogP contribution in [0.25, 0.3) is 11.3 Å². The molecule has 2 aromatic rings. The number of hydrogen-bond donors (Lipinski definition) is 1. The van der Waals surface area contributed by atoms with E-state index in [1.807, 2.05) is 0 Å². The predicted octanol–water partition coefficient (Wildman–Crippen LogP) is 2.57. The number of carbonyl (C=O) groups is 1. The number of nitrogens with zero attached hydrogens (tertiary/aromatic N) is 1. The van der Waals surface area contributed by atoms with Gasteiger partial charge in [0.15, 0.2) is 23.2 Å². The molecule has 1 aromatic heterocycles. The number of aromatic nitrogens is 2. The van der Waals surface area contributed by atoms with Gasteiger partial charge in [-0.3, -0.25) is 4.79 Å². The van der Waals surface area contributed by atoms with Gasteiger partial charge in [-0.05, 0) is 6.07 Å². The molecule has 94 valence electrons. The van der Waals surface area contributed by atoms with Gasteiger partial charge in [0.1, 0.15) is 5.82 Å². The highest BCUT2D eigenvalue weighted by atomic mass is 19.1. The summed E-state index contributed by atoms with van der Waals surface area (Å²) in [6.07, 6.45) is 1.28. The van der Waals surface area contributed by atoms with Gasteiger partial charge in [0.05, 0.1) is 19.0 Å². The lowest BCUT2D eigenvalue weighted by Crippen LogP contribution is -1.95. The van der Waals surface area contributed by atoms with Gasteiger partial charge in [0.2, 0.25) is 0 Å². The monoisotopic (exact) mass is 252 g/mol. The number of halogens is 2. The Morgan fingerprint density at radius 2 is 2.06 bits per heavy atom. The lowest BCUT2D eigenvalue weighted by molar-refractivity contribution is 0.100. The van der Waals surface area contributed by atoms with Crippen molar-refractivity contribution in [2.24, 2.45) is 0 Å². The Hall–Kier alpha value is -2.24. The van der Waals surface area contributed by atoms with E-state index in [1.165, 1.54) is 20.2 Å². The topological polar surface area (TPSA) is 55.0 Å². The molecule has 2 rings (SSSR count). The van der Waals surface area contributed by atoms with Crippen molar-refractivity contribution < 1.29 is 18.3 Å². The summed E-state index contributed by atoms with van der Waals surface area (Å²) in [5, 5.41) is 0. The third-order valence-corrected chi connectivity index (χ3v) is 2.44. The highest BCUT2D eigenvalue weighted by Crippen LogP contribution is 2.27. The molecule has 0 saturated heterocycles. The van der Waals surface area contributed by atoms with Crippen molar-refractivity contribution in [3.8, 4) is 17.0 Å². The van der Waals surface area contributed by atoms with Crippen LogP contribution < -0.4 is 4.74 Å². The molecule has 0 saturated carbocycles. The van der Waals surface area contributed by atoms with Gasteiger partial charge in [0, 0.05) is 18.6 Å². The van der Waals surface area contributed by atoms with Crippen LogP contribution in [0.2, 0.25) is 0 Å². The first-order valence-electron chi connectivity index (χ1n) is 5.12. The number of ketones is 1. The SMILES string of the molecule is COc1cc(F)c(-c2cnc(C(C)=O)[nH]2)cc1F. The van der Waals surface area contributed by atoms with Gasteiger partial charge < -0.3 is 9.72 Å². The Labute approximate surface area is 102 Å². The zero-order chi connectivity index (χ0) is 13.3. The van der Waals surface area contributed by atoms with Crippen molar-refractivity contribution in [2.75, 3.05) is 7.11 Å². The van der Waals surface area contributed by atoms with Crippen molar-refractivity contribution in [3.63, 3.8) is 0 Å². The summed E-state index contributed by atoms with van der Waals surface area (Å²) >= 11 is 0. The third-order valence-electron chi connectivity index (χ3n) is 2.44. The van der Waals surface area contributed by atoms with Crippen molar-refractivity contribution in [1.82, 2.24) is 9.97 Å². The number of nitrogens with one attached hydrogen (secondary N) is 1. The first-order chi connectivity index (χ1) is 8.52. The molecule has 0 atom stereocenters. The van der Waals surface area contributed by atoms with Crippen LogP contribution in [-0.2, 0) is 0 Å². The lowest BCUT2D eigenvalue weighted by atomic mass is 10.1. The molecule has 0 bridgehead atoms. The fourth-order valence-corrected chi connectivity index (χ4v) is 1.53. The van der Waals surface area contributed by atoms with E-state index in [-0.39, 0.29) is 28.6 Å². The van der Waals surface area contributed by atoms with Gasteiger partial charge in [0.25, 0.3) is 0 Å². The Bertz CT molecular complexity index is 608. The van der Waals surface area contributed by atoms with Gasteiger partial charge in [-0.1, -0.05) is 0 Å². The van der Waals surface area contributed by atoms with E-state index in [0.29, 0.717) is 0 Å². The van der Waals surface area contributed by atoms with E-state index in [1.54, 1.807) is 0 Å². The smallest absolute Gasteiger partial charge is 0.194 e. The Morgan fingerprint density at radius 3 is 2.61 bits per heavy atom. The fraction of sp³-hybridized carbons (Fsp3) is 0.167. The Morgan fingerprint density at radius 1 is 1.33 bits per heavy atom. The minimum absolute atomic E-state index is 0.00620. The lowest BCUT2D eigenvalue weighted by Gasteiger charge is -2.05. The van der Waals surface area contributed by atoms with Crippen LogP contribution in [0, 0.1) is 11.6 Å². The summed E-state index contributed by atoms with van der Waals surface area (Å²) in [4.78, 5) is 17.5. The third kappa shape index (κ3) is 2.09. The number of rotatable bonds is 3. The molecule has 0 radical (unpaired) electrons. The van der Waals surface area contributed by atoms with Gasteiger partial charge in [-0.25, -0.2) is 13.8 Å². The van der Waals surface area contributed by atoms with E-state index in [0.717, 1.165) is 12.1 Å². The summed E-state index contributed by atoms with van der Waals surface area (Å²) in [5.74, 6) is -1.71. The molecular weight excluding hydrogens is 242 g/mol. The molecule has 18 heavy (non-hydrogen) atoms. The zero-order valence-corrected chi connectivity index (χ0v) is 9.75. The van der Waals surface area contributed by atoms with Crippen molar-refractivity contribution in [1.29, 1.82) is 0 Å². The van der Waals surface area contributed by atoms with Crippen molar-refractivity contribution in [3.05, 3.63) is 35.8 Å². The number of benzene rings is 1. The Balaban J connectivity index is 2.50. The second-order valence-electron chi connectivity index (χ2n) is 3.67. The minimum Gasteiger partial charge on any atom is -0.494 e. The molecular formula is C12H10F2N2O2. The largest absolute Gasteiger partial charge is 0.494 e. The second kappa shape index (κ2) is 4.56. The molecule has 1 aromatic carbocycles. The maximum absolute atomic E-state index is 13.7. The van der Waals surface area contributed by atoms with Crippen LogP contribution in [0.1, 0.15) is 17.5 Å². The number of ether oxygens (including phenoxy) is 1. The first kappa shape index (κ1) is 12.2. The molecule has 1 heterocycles. The van der Waals surface area contributed by atoms with Crippen LogP contribution in [0.4, 0.5) is 8.78 Å². The molecule has 0 amide bonds. The van der Waals surface area contributed by atoms with Crippen molar-refractivity contribution >= 4 is 5.78 Å². The second-order valence-corrected chi connectivity index (χ2v) is 3.67. The van der Waals surface area contributed by atoms with Gasteiger partial charge in [-0.2, -0.15) is 0 Å². The van der Waals surface area contributed by atoms with Crippen LogP contribution in [0.15, 0.2) is 18.3 Å². The molecule has 6 heteroatoms. The average Bonchev–Trinajstić information content (AvgIpc) is 2.81. The standard InChI is InChI=1S/C12H10F2N2O2/c1-6(17)12-15-5-10(16-12)7-3-9(14)11(18-2)4-8(7)13/h3-5H,1-2H3,(H,15,16). The van der Waals surface area contributed by atoms with E-state index in [2.05, 4.69) is 14.7 Å². The molecule has 0 aliphatic rings.